The fourth-order valence-corrected chi connectivity index (χ4v) is 4.36. The van der Waals surface area contributed by atoms with E-state index in [1.807, 2.05) is 6.07 Å². The fourth-order valence-electron chi connectivity index (χ4n) is 4.36. The van der Waals surface area contributed by atoms with Gasteiger partial charge in [-0.1, -0.05) is 18.2 Å². The van der Waals surface area contributed by atoms with Crippen molar-refractivity contribution in [1.29, 1.82) is 0 Å². The number of amides is 1. The van der Waals surface area contributed by atoms with Crippen molar-refractivity contribution >= 4 is 17.4 Å². The van der Waals surface area contributed by atoms with Crippen LogP contribution in [0.3, 0.4) is 0 Å². The summed E-state index contributed by atoms with van der Waals surface area (Å²) in [5.41, 5.74) is 2.34. The van der Waals surface area contributed by atoms with Crippen molar-refractivity contribution in [2.24, 2.45) is 0 Å². The standard InChI is InChI=1S/C27H26N2O6/c1-16-13-18(33-2)10-11-19(16)24(30)22-23(20-8-5-9-21(34-3)26(20)35-4)29(27(32)25(22)31)15-17-7-6-12-28-14-17/h5-14,23,30H,15H2,1-4H3/b24-22+/t23-/m1/s1. The van der Waals surface area contributed by atoms with Crippen molar-refractivity contribution in [3.8, 4) is 17.2 Å². The minimum atomic E-state index is -0.915. The van der Waals surface area contributed by atoms with Gasteiger partial charge in [0.2, 0.25) is 0 Å². The molecule has 0 radical (unpaired) electrons. The molecule has 35 heavy (non-hydrogen) atoms. The molecule has 3 aromatic rings. The van der Waals surface area contributed by atoms with Crippen molar-refractivity contribution in [2.45, 2.75) is 19.5 Å². The van der Waals surface area contributed by atoms with Crippen molar-refractivity contribution in [3.63, 3.8) is 0 Å². The van der Waals surface area contributed by atoms with E-state index >= 15 is 0 Å². The highest BCUT2D eigenvalue weighted by Crippen LogP contribution is 2.46. The smallest absolute Gasteiger partial charge is 0.295 e. The number of aromatic nitrogens is 1. The highest BCUT2D eigenvalue weighted by Gasteiger charge is 2.47. The van der Waals surface area contributed by atoms with E-state index in [2.05, 4.69) is 4.98 Å². The Kier molecular flexibility index (Phi) is 6.73. The molecule has 1 saturated heterocycles. The highest BCUT2D eigenvalue weighted by atomic mass is 16.5. The third-order valence-corrected chi connectivity index (χ3v) is 6.03. The summed E-state index contributed by atoms with van der Waals surface area (Å²) in [6, 6.07) is 13.0. The van der Waals surface area contributed by atoms with Crippen molar-refractivity contribution < 1.29 is 28.9 Å². The van der Waals surface area contributed by atoms with Crippen LogP contribution < -0.4 is 14.2 Å². The molecule has 0 saturated carbocycles. The molecule has 1 fully saturated rings. The zero-order valence-corrected chi connectivity index (χ0v) is 19.9. The Morgan fingerprint density at radius 2 is 1.83 bits per heavy atom. The van der Waals surface area contributed by atoms with Gasteiger partial charge in [-0.2, -0.15) is 0 Å². The third kappa shape index (κ3) is 4.30. The first kappa shape index (κ1) is 23.8. The second-order valence-corrected chi connectivity index (χ2v) is 8.05. The van der Waals surface area contributed by atoms with Crippen LogP contribution >= 0.6 is 0 Å². The van der Waals surface area contributed by atoms with Crippen LogP contribution in [0.1, 0.15) is 28.3 Å². The number of hydrogen-bond acceptors (Lipinski definition) is 7. The van der Waals surface area contributed by atoms with Gasteiger partial charge in [0.25, 0.3) is 11.7 Å². The van der Waals surface area contributed by atoms with Crippen LogP contribution in [-0.2, 0) is 16.1 Å². The minimum absolute atomic E-state index is 0.0290. The van der Waals surface area contributed by atoms with Gasteiger partial charge in [-0.25, -0.2) is 0 Å². The molecule has 180 valence electrons. The van der Waals surface area contributed by atoms with Crippen LogP contribution in [0.5, 0.6) is 17.2 Å². The molecule has 1 aliphatic heterocycles. The maximum absolute atomic E-state index is 13.4. The SMILES string of the molecule is COc1ccc(/C(O)=C2\C(=O)C(=O)N(Cc3cccnc3)[C@@H]2c2cccc(OC)c2OC)c(C)c1. The Hall–Kier alpha value is -4.33. The van der Waals surface area contributed by atoms with E-state index in [1.54, 1.807) is 68.9 Å². The van der Waals surface area contributed by atoms with Crippen molar-refractivity contribution in [2.75, 3.05) is 21.3 Å². The molecule has 2 aromatic carbocycles. The van der Waals surface area contributed by atoms with Gasteiger partial charge in [-0.3, -0.25) is 14.6 Å². The first-order valence-electron chi connectivity index (χ1n) is 10.9. The summed E-state index contributed by atoms with van der Waals surface area (Å²) < 4.78 is 16.3. The summed E-state index contributed by atoms with van der Waals surface area (Å²) in [5, 5.41) is 11.4. The average Bonchev–Trinajstić information content (AvgIpc) is 3.13. The second-order valence-electron chi connectivity index (χ2n) is 8.05. The van der Waals surface area contributed by atoms with E-state index < -0.39 is 17.7 Å². The number of ether oxygens (including phenoxy) is 3. The van der Waals surface area contributed by atoms with Crippen LogP contribution in [0.25, 0.3) is 5.76 Å². The lowest BCUT2D eigenvalue weighted by Crippen LogP contribution is -2.29. The van der Waals surface area contributed by atoms with E-state index in [0.29, 0.717) is 33.9 Å². The van der Waals surface area contributed by atoms with Gasteiger partial charge in [-0.05, 0) is 48.4 Å². The molecule has 8 heteroatoms. The molecular weight excluding hydrogens is 448 g/mol. The summed E-state index contributed by atoms with van der Waals surface area (Å²) in [7, 11) is 4.55. The second kappa shape index (κ2) is 9.89. The van der Waals surface area contributed by atoms with E-state index in [0.717, 1.165) is 5.56 Å². The Morgan fingerprint density at radius 3 is 2.46 bits per heavy atom. The van der Waals surface area contributed by atoms with Crippen molar-refractivity contribution in [3.05, 3.63) is 88.8 Å². The Labute approximate surface area is 203 Å². The summed E-state index contributed by atoms with van der Waals surface area (Å²) in [5.74, 6) is -0.352. The van der Waals surface area contributed by atoms with Crippen LogP contribution in [0.2, 0.25) is 0 Å². The van der Waals surface area contributed by atoms with Gasteiger partial charge < -0.3 is 24.2 Å². The van der Waals surface area contributed by atoms with Gasteiger partial charge in [0.05, 0.1) is 32.9 Å². The number of carbonyl (C=O) groups is 2. The maximum atomic E-state index is 13.4. The van der Waals surface area contributed by atoms with Crippen LogP contribution in [0.4, 0.5) is 0 Å². The molecular formula is C27H26N2O6. The number of aliphatic hydroxyl groups is 1. The zero-order valence-electron chi connectivity index (χ0n) is 19.9. The molecule has 4 rings (SSSR count). The number of aryl methyl sites for hydroxylation is 1. The van der Waals surface area contributed by atoms with Crippen LogP contribution in [-0.4, -0.2) is 48.0 Å². The van der Waals surface area contributed by atoms with Gasteiger partial charge in [-0.15, -0.1) is 0 Å². The third-order valence-electron chi connectivity index (χ3n) is 6.03. The van der Waals surface area contributed by atoms with Crippen molar-refractivity contribution in [1.82, 2.24) is 9.88 Å². The minimum Gasteiger partial charge on any atom is -0.507 e. The lowest BCUT2D eigenvalue weighted by Gasteiger charge is -2.27. The van der Waals surface area contributed by atoms with E-state index in [4.69, 9.17) is 14.2 Å². The summed E-state index contributed by atoms with van der Waals surface area (Å²) in [6.45, 7) is 1.91. The number of rotatable bonds is 7. The summed E-state index contributed by atoms with van der Waals surface area (Å²) in [4.78, 5) is 32.2. The van der Waals surface area contributed by atoms with E-state index in [-0.39, 0.29) is 17.9 Å². The molecule has 1 amide bonds. The molecule has 0 spiro atoms. The number of likely N-dealkylation sites (tertiary alicyclic amines) is 1. The number of aliphatic hydroxyl groups excluding tert-OH is 1. The normalized spacial score (nSPS) is 16.9. The van der Waals surface area contributed by atoms with Crippen LogP contribution in [0.15, 0.2) is 66.5 Å². The lowest BCUT2D eigenvalue weighted by atomic mass is 9.93. The average molecular weight is 475 g/mol. The molecule has 2 heterocycles. The Bertz CT molecular complexity index is 1300. The molecule has 1 atom stereocenters. The maximum Gasteiger partial charge on any atom is 0.295 e. The summed E-state index contributed by atoms with van der Waals surface area (Å²) >= 11 is 0. The van der Waals surface area contributed by atoms with Crippen LogP contribution in [0, 0.1) is 6.92 Å². The predicted octanol–water partition coefficient (Wildman–Crippen LogP) is 4.04. The molecule has 8 nitrogen and oxygen atoms in total. The van der Waals surface area contributed by atoms with Gasteiger partial charge >= 0.3 is 0 Å². The number of carbonyl (C=O) groups excluding carboxylic acids is 2. The van der Waals surface area contributed by atoms with E-state index in [1.165, 1.54) is 19.1 Å². The largest absolute Gasteiger partial charge is 0.507 e. The molecule has 1 N–H and O–H groups in total. The first-order valence-corrected chi connectivity index (χ1v) is 10.9. The molecule has 0 unspecified atom stereocenters. The number of para-hydroxylation sites is 1. The predicted molar refractivity (Wildman–Crippen MR) is 129 cm³/mol. The van der Waals surface area contributed by atoms with Gasteiger partial charge in [0.15, 0.2) is 11.5 Å². The number of hydrogen-bond donors (Lipinski definition) is 1. The summed E-state index contributed by atoms with van der Waals surface area (Å²) in [6.07, 6.45) is 3.26. The van der Waals surface area contributed by atoms with E-state index in [9.17, 15) is 14.7 Å². The Balaban J connectivity index is 1.95. The molecule has 1 aromatic heterocycles. The molecule has 0 bridgehead atoms. The Morgan fingerprint density at radius 1 is 1.03 bits per heavy atom. The fraction of sp³-hybridized carbons (Fsp3) is 0.222. The number of benzene rings is 2. The molecule has 0 aliphatic carbocycles. The molecule has 1 aliphatic rings. The number of methoxy groups -OCH3 is 3. The topological polar surface area (TPSA) is 98.2 Å². The highest BCUT2D eigenvalue weighted by molar-refractivity contribution is 6.46. The lowest BCUT2D eigenvalue weighted by molar-refractivity contribution is -0.140. The van der Waals surface area contributed by atoms with Gasteiger partial charge in [0, 0.05) is 30.1 Å². The number of ketones is 1. The number of nitrogens with zero attached hydrogens (tertiary/aromatic N) is 2. The quantitative estimate of drug-likeness (QED) is 0.314. The number of Topliss-reactive ketones (excluding diaryl/α,β-unsaturated/α-hetero) is 1. The van der Waals surface area contributed by atoms with Gasteiger partial charge in [0.1, 0.15) is 11.5 Å². The first-order chi connectivity index (χ1) is 16.9. The monoisotopic (exact) mass is 474 g/mol. The number of pyridine rings is 1. The zero-order chi connectivity index (χ0) is 25.1.